The van der Waals surface area contributed by atoms with E-state index in [-0.39, 0.29) is 5.75 Å². The molecule has 1 saturated heterocycles. The van der Waals surface area contributed by atoms with Gasteiger partial charge >= 0.3 is 0 Å². The van der Waals surface area contributed by atoms with Gasteiger partial charge in [0.25, 0.3) is 0 Å². The first kappa shape index (κ1) is 13.2. The van der Waals surface area contributed by atoms with Crippen molar-refractivity contribution in [3.63, 3.8) is 0 Å². The van der Waals surface area contributed by atoms with E-state index in [4.69, 9.17) is 9.84 Å². The van der Waals surface area contributed by atoms with E-state index < -0.39 is 0 Å². The largest absolute Gasteiger partial charge is 0.508 e. The predicted octanol–water partition coefficient (Wildman–Crippen LogP) is 1.41. The number of likely N-dealkylation sites (N-methyl/N-ethyl adjacent to an activating group) is 1. The number of hydrogen-bond donors (Lipinski definition) is 1. The van der Waals surface area contributed by atoms with Crippen LogP contribution in [0, 0.1) is 0 Å². The Kier molecular flexibility index (Phi) is 4.84. The molecule has 0 amide bonds. The zero-order chi connectivity index (χ0) is 12.8. The zero-order valence-electron chi connectivity index (χ0n) is 11.0. The van der Waals surface area contributed by atoms with Gasteiger partial charge in [0.2, 0.25) is 0 Å². The number of nitrogens with zero attached hydrogens (tertiary/aromatic N) is 2. The second-order valence-corrected chi connectivity index (χ2v) is 4.84. The first-order valence-corrected chi connectivity index (χ1v) is 6.57. The van der Waals surface area contributed by atoms with Crippen LogP contribution in [0.3, 0.4) is 0 Å². The molecular weight excluding hydrogens is 228 g/mol. The van der Waals surface area contributed by atoms with Crippen molar-refractivity contribution < 1.29 is 9.84 Å². The number of benzene rings is 1. The summed E-state index contributed by atoms with van der Waals surface area (Å²) in [5.74, 6) is 1.10. The Morgan fingerprint density at radius 1 is 1.11 bits per heavy atom. The van der Waals surface area contributed by atoms with Crippen LogP contribution in [0.1, 0.15) is 6.42 Å². The summed E-state index contributed by atoms with van der Waals surface area (Å²) in [6, 6.07) is 6.89. The summed E-state index contributed by atoms with van der Waals surface area (Å²) in [5, 5.41) is 9.15. The minimum Gasteiger partial charge on any atom is -0.508 e. The van der Waals surface area contributed by atoms with Crippen LogP contribution in [0.4, 0.5) is 0 Å². The summed E-state index contributed by atoms with van der Waals surface area (Å²) >= 11 is 0. The fourth-order valence-corrected chi connectivity index (χ4v) is 2.09. The summed E-state index contributed by atoms with van der Waals surface area (Å²) in [6.45, 7) is 6.49. The van der Waals surface area contributed by atoms with Gasteiger partial charge in [0, 0.05) is 32.7 Å². The Bertz CT molecular complexity index is 345. The number of hydrogen-bond acceptors (Lipinski definition) is 4. The Labute approximate surface area is 109 Å². The van der Waals surface area contributed by atoms with Crippen LogP contribution in [-0.4, -0.2) is 61.3 Å². The molecule has 0 unspecified atom stereocenters. The molecule has 1 aromatic carbocycles. The number of phenols is 1. The minimum absolute atomic E-state index is 0.278. The second-order valence-electron chi connectivity index (χ2n) is 4.84. The Balaban J connectivity index is 1.60. The van der Waals surface area contributed by atoms with Crippen molar-refractivity contribution in [3.05, 3.63) is 24.3 Å². The molecule has 0 aromatic heterocycles. The third-order valence-electron chi connectivity index (χ3n) is 3.32. The topological polar surface area (TPSA) is 35.9 Å². The summed E-state index contributed by atoms with van der Waals surface area (Å²) in [6.07, 6.45) is 1.05. The van der Waals surface area contributed by atoms with Crippen LogP contribution >= 0.6 is 0 Å². The summed E-state index contributed by atoms with van der Waals surface area (Å²) in [5.41, 5.74) is 0. The van der Waals surface area contributed by atoms with Crippen molar-refractivity contribution in [3.8, 4) is 11.5 Å². The van der Waals surface area contributed by atoms with Gasteiger partial charge in [-0.2, -0.15) is 0 Å². The van der Waals surface area contributed by atoms with Crippen molar-refractivity contribution in [2.24, 2.45) is 0 Å². The summed E-state index contributed by atoms with van der Waals surface area (Å²) in [7, 11) is 2.17. The zero-order valence-corrected chi connectivity index (χ0v) is 11.0. The molecule has 1 heterocycles. The SMILES string of the molecule is CN1CCN(CCCOc2ccc(O)cc2)CC1. The standard InChI is InChI=1S/C14H22N2O2/c1-15-8-10-16(11-9-15)7-2-12-18-14-5-3-13(17)4-6-14/h3-6,17H,2,7-12H2,1H3. The van der Waals surface area contributed by atoms with E-state index in [1.165, 1.54) is 13.1 Å². The van der Waals surface area contributed by atoms with Crippen LogP contribution in [-0.2, 0) is 0 Å². The van der Waals surface area contributed by atoms with Crippen LogP contribution in [0.25, 0.3) is 0 Å². The van der Waals surface area contributed by atoms with Crippen molar-refractivity contribution in [1.29, 1.82) is 0 Å². The predicted molar refractivity (Wildman–Crippen MR) is 72.2 cm³/mol. The third-order valence-corrected chi connectivity index (χ3v) is 3.32. The molecule has 1 N–H and O–H groups in total. The van der Waals surface area contributed by atoms with Crippen LogP contribution in [0.5, 0.6) is 11.5 Å². The highest BCUT2D eigenvalue weighted by atomic mass is 16.5. The molecule has 0 atom stereocenters. The average Bonchev–Trinajstić information content (AvgIpc) is 2.39. The van der Waals surface area contributed by atoms with Crippen molar-refractivity contribution in [1.82, 2.24) is 9.80 Å². The highest BCUT2D eigenvalue weighted by Gasteiger charge is 2.12. The minimum atomic E-state index is 0.278. The molecule has 4 heteroatoms. The fraction of sp³-hybridized carbons (Fsp3) is 0.571. The van der Waals surface area contributed by atoms with E-state index in [1.807, 2.05) is 0 Å². The number of rotatable bonds is 5. The highest BCUT2D eigenvalue weighted by Crippen LogP contribution is 2.15. The highest BCUT2D eigenvalue weighted by molar-refractivity contribution is 5.29. The van der Waals surface area contributed by atoms with Gasteiger partial charge in [-0.3, -0.25) is 0 Å². The maximum atomic E-state index is 9.15. The Hall–Kier alpha value is -1.26. The Morgan fingerprint density at radius 3 is 2.44 bits per heavy atom. The molecule has 1 aliphatic rings. The van der Waals surface area contributed by atoms with Crippen molar-refractivity contribution in [2.75, 3.05) is 46.4 Å². The second kappa shape index (κ2) is 6.61. The monoisotopic (exact) mass is 250 g/mol. The average molecular weight is 250 g/mol. The van der Waals surface area contributed by atoms with Crippen LogP contribution in [0.2, 0.25) is 0 Å². The molecule has 0 spiro atoms. The normalized spacial score (nSPS) is 17.8. The molecule has 100 valence electrons. The van der Waals surface area contributed by atoms with E-state index in [0.29, 0.717) is 0 Å². The van der Waals surface area contributed by atoms with Crippen molar-refractivity contribution in [2.45, 2.75) is 6.42 Å². The van der Waals surface area contributed by atoms with E-state index >= 15 is 0 Å². The summed E-state index contributed by atoms with van der Waals surface area (Å²) < 4.78 is 5.62. The number of piperazine rings is 1. The van der Waals surface area contributed by atoms with Crippen LogP contribution in [0.15, 0.2) is 24.3 Å². The molecule has 2 rings (SSSR count). The lowest BCUT2D eigenvalue weighted by molar-refractivity contribution is 0.145. The molecule has 1 aromatic rings. The van der Waals surface area contributed by atoms with Gasteiger partial charge < -0.3 is 19.6 Å². The van der Waals surface area contributed by atoms with E-state index in [2.05, 4.69) is 16.8 Å². The third kappa shape index (κ3) is 4.20. The lowest BCUT2D eigenvalue weighted by atomic mass is 10.3. The molecule has 0 bridgehead atoms. The number of phenolic OH excluding ortho intramolecular Hbond substituents is 1. The molecule has 18 heavy (non-hydrogen) atoms. The molecule has 1 fully saturated rings. The molecule has 0 aliphatic carbocycles. The smallest absolute Gasteiger partial charge is 0.119 e. The van der Waals surface area contributed by atoms with Gasteiger partial charge in [-0.1, -0.05) is 0 Å². The van der Waals surface area contributed by atoms with Crippen LogP contribution < -0.4 is 4.74 Å². The Morgan fingerprint density at radius 2 is 1.78 bits per heavy atom. The fourth-order valence-electron chi connectivity index (χ4n) is 2.09. The maximum absolute atomic E-state index is 9.15. The van der Waals surface area contributed by atoms with E-state index in [0.717, 1.165) is 38.4 Å². The first-order valence-electron chi connectivity index (χ1n) is 6.57. The number of ether oxygens (including phenoxy) is 1. The molecule has 0 radical (unpaired) electrons. The lowest BCUT2D eigenvalue weighted by Crippen LogP contribution is -2.44. The first-order chi connectivity index (χ1) is 8.74. The van der Waals surface area contributed by atoms with E-state index in [9.17, 15) is 0 Å². The quantitative estimate of drug-likeness (QED) is 0.802. The molecule has 4 nitrogen and oxygen atoms in total. The van der Waals surface area contributed by atoms with E-state index in [1.54, 1.807) is 24.3 Å². The number of aromatic hydroxyl groups is 1. The molecule has 1 aliphatic heterocycles. The molecule has 0 saturated carbocycles. The van der Waals surface area contributed by atoms with Gasteiger partial charge in [-0.25, -0.2) is 0 Å². The maximum Gasteiger partial charge on any atom is 0.119 e. The van der Waals surface area contributed by atoms with Gasteiger partial charge in [0.15, 0.2) is 0 Å². The lowest BCUT2D eigenvalue weighted by Gasteiger charge is -2.32. The van der Waals surface area contributed by atoms with Gasteiger partial charge in [0.05, 0.1) is 6.61 Å². The van der Waals surface area contributed by atoms with Crippen molar-refractivity contribution >= 4 is 0 Å². The van der Waals surface area contributed by atoms with Gasteiger partial charge in [-0.05, 0) is 37.7 Å². The van der Waals surface area contributed by atoms with Gasteiger partial charge in [0.1, 0.15) is 11.5 Å². The summed E-state index contributed by atoms with van der Waals surface area (Å²) in [4.78, 5) is 4.85. The van der Waals surface area contributed by atoms with Gasteiger partial charge in [-0.15, -0.1) is 0 Å². The molecular formula is C14H22N2O2.